The summed E-state index contributed by atoms with van der Waals surface area (Å²) in [6, 6.07) is 0. The van der Waals surface area contributed by atoms with E-state index in [-0.39, 0.29) is 18.2 Å². The van der Waals surface area contributed by atoms with E-state index in [0.29, 0.717) is 25.3 Å². The zero-order chi connectivity index (χ0) is 13.8. The molecule has 102 valence electrons. The molecule has 0 bridgehead atoms. The molecule has 19 heavy (non-hydrogen) atoms. The van der Waals surface area contributed by atoms with Crippen molar-refractivity contribution in [3.8, 4) is 0 Å². The van der Waals surface area contributed by atoms with Gasteiger partial charge in [0, 0.05) is 19.0 Å². The maximum atomic E-state index is 11.6. The van der Waals surface area contributed by atoms with Gasteiger partial charge in [-0.3, -0.25) is 0 Å². The average molecular weight is 266 g/mol. The number of carboxylic acid groups (broad SMARTS) is 1. The topological polar surface area (TPSA) is 92.9 Å². The largest absolute Gasteiger partial charge is 0.476 e. The van der Waals surface area contributed by atoms with Gasteiger partial charge in [0.2, 0.25) is 0 Å². The highest BCUT2D eigenvalue weighted by atomic mass is 16.6. The van der Waals surface area contributed by atoms with Gasteiger partial charge < -0.3 is 19.2 Å². The van der Waals surface area contributed by atoms with Crippen molar-refractivity contribution in [3.63, 3.8) is 0 Å². The molecule has 1 N–H and O–H groups in total. The summed E-state index contributed by atoms with van der Waals surface area (Å²) in [6.45, 7) is 4.48. The quantitative estimate of drug-likeness (QED) is 0.830. The SMILES string of the molecule is C=CCOC(=O)N1CCC(c2ocnc2C(=O)O)C1. The minimum atomic E-state index is -1.13. The minimum Gasteiger partial charge on any atom is -0.476 e. The smallest absolute Gasteiger partial charge is 0.410 e. The van der Waals surface area contributed by atoms with E-state index in [9.17, 15) is 9.59 Å². The first-order valence-corrected chi connectivity index (χ1v) is 5.82. The predicted octanol–water partition coefficient (Wildman–Crippen LogP) is 1.48. The predicted molar refractivity (Wildman–Crippen MR) is 63.9 cm³/mol. The van der Waals surface area contributed by atoms with Crippen molar-refractivity contribution in [2.75, 3.05) is 19.7 Å². The summed E-state index contributed by atoms with van der Waals surface area (Å²) in [5.41, 5.74) is -0.0914. The molecular weight excluding hydrogens is 252 g/mol. The van der Waals surface area contributed by atoms with Gasteiger partial charge in [0.05, 0.1) is 0 Å². The van der Waals surface area contributed by atoms with E-state index in [1.165, 1.54) is 11.0 Å². The lowest BCUT2D eigenvalue weighted by Crippen LogP contribution is -2.29. The molecule has 1 aromatic rings. The standard InChI is InChI=1S/C12H14N2O5/c1-2-5-18-12(17)14-4-3-8(6-14)10-9(11(15)16)13-7-19-10/h2,7-8H,1,3-6H2,(H,15,16). The van der Waals surface area contributed by atoms with E-state index in [1.54, 1.807) is 0 Å². The van der Waals surface area contributed by atoms with Crippen molar-refractivity contribution >= 4 is 12.1 Å². The first-order valence-electron chi connectivity index (χ1n) is 5.82. The Morgan fingerprint density at radius 1 is 1.68 bits per heavy atom. The maximum absolute atomic E-state index is 11.6. The highest BCUT2D eigenvalue weighted by Gasteiger charge is 2.33. The van der Waals surface area contributed by atoms with Crippen LogP contribution in [0.3, 0.4) is 0 Å². The molecule has 2 rings (SSSR count). The van der Waals surface area contributed by atoms with E-state index in [0.717, 1.165) is 6.39 Å². The number of oxazole rings is 1. The molecule has 1 aliphatic rings. The molecular formula is C12H14N2O5. The molecule has 1 saturated heterocycles. The van der Waals surface area contributed by atoms with Crippen LogP contribution in [-0.4, -0.2) is 46.7 Å². The van der Waals surface area contributed by atoms with Crippen molar-refractivity contribution in [1.82, 2.24) is 9.88 Å². The molecule has 0 aliphatic carbocycles. The fraction of sp³-hybridized carbons (Fsp3) is 0.417. The second-order valence-corrected chi connectivity index (χ2v) is 4.17. The fourth-order valence-corrected chi connectivity index (χ4v) is 2.07. The van der Waals surface area contributed by atoms with Crippen molar-refractivity contribution in [3.05, 3.63) is 30.5 Å². The van der Waals surface area contributed by atoms with Crippen LogP contribution in [0.2, 0.25) is 0 Å². The molecule has 2 heterocycles. The summed E-state index contributed by atoms with van der Waals surface area (Å²) in [5.74, 6) is -0.979. The molecule has 1 unspecified atom stereocenters. The Balaban J connectivity index is 2.01. The molecule has 1 fully saturated rings. The Labute approximate surface area is 109 Å². The maximum Gasteiger partial charge on any atom is 0.410 e. The van der Waals surface area contributed by atoms with E-state index in [1.807, 2.05) is 0 Å². The average Bonchev–Trinajstić information content (AvgIpc) is 3.02. The number of carboxylic acids is 1. The summed E-state index contributed by atoms with van der Waals surface area (Å²) in [4.78, 5) is 27.8. The molecule has 1 atom stereocenters. The Hall–Kier alpha value is -2.31. The first kappa shape index (κ1) is 13.1. The van der Waals surface area contributed by atoms with Gasteiger partial charge >= 0.3 is 12.1 Å². The lowest BCUT2D eigenvalue weighted by Gasteiger charge is -2.15. The summed E-state index contributed by atoms with van der Waals surface area (Å²) in [6.07, 6.45) is 2.79. The second kappa shape index (κ2) is 5.55. The number of nitrogens with zero attached hydrogens (tertiary/aromatic N) is 2. The fourth-order valence-electron chi connectivity index (χ4n) is 2.07. The zero-order valence-electron chi connectivity index (χ0n) is 10.2. The van der Waals surface area contributed by atoms with E-state index in [2.05, 4.69) is 11.6 Å². The van der Waals surface area contributed by atoms with Gasteiger partial charge in [-0.15, -0.1) is 0 Å². The Bertz CT molecular complexity index is 496. The summed E-state index contributed by atoms with van der Waals surface area (Å²) >= 11 is 0. The van der Waals surface area contributed by atoms with E-state index < -0.39 is 12.1 Å². The number of carbonyl (C=O) groups excluding carboxylic acids is 1. The molecule has 7 nitrogen and oxygen atoms in total. The lowest BCUT2D eigenvalue weighted by molar-refractivity contribution is 0.0688. The lowest BCUT2D eigenvalue weighted by atomic mass is 10.0. The van der Waals surface area contributed by atoms with E-state index >= 15 is 0 Å². The Kier molecular flexibility index (Phi) is 3.84. The summed E-state index contributed by atoms with van der Waals surface area (Å²) in [7, 11) is 0. The Morgan fingerprint density at radius 3 is 3.16 bits per heavy atom. The number of ether oxygens (including phenoxy) is 1. The first-order chi connectivity index (χ1) is 9.13. The molecule has 0 aromatic carbocycles. The van der Waals surface area contributed by atoms with Crippen LogP contribution >= 0.6 is 0 Å². The van der Waals surface area contributed by atoms with Gasteiger partial charge in [-0.1, -0.05) is 12.7 Å². The van der Waals surface area contributed by atoms with Gasteiger partial charge in [0.25, 0.3) is 0 Å². The van der Waals surface area contributed by atoms with Crippen LogP contribution in [0.25, 0.3) is 0 Å². The van der Waals surface area contributed by atoms with Gasteiger partial charge in [0.15, 0.2) is 12.1 Å². The highest BCUT2D eigenvalue weighted by molar-refractivity contribution is 5.86. The number of amides is 1. The van der Waals surface area contributed by atoms with Crippen LogP contribution in [0.4, 0.5) is 4.79 Å². The zero-order valence-corrected chi connectivity index (χ0v) is 10.2. The Morgan fingerprint density at radius 2 is 2.47 bits per heavy atom. The number of likely N-dealkylation sites (tertiary alicyclic amines) is 1. The third-order valence-electron chi connectivity index (χ3n) is 2.94. The second-order valence-electron chi connectivity index (χ2n) is 4.17. The van der Waals surface area contributed by atoms with Crippen molar-refractivity contribution < 1.29 is 23.8 Å². The number of hydrogen-bond donors (Lipinski definition) is 1. The van der Waals surface area contributed by atoms with Crippen molar-refractivity contribution in [1.29, 1.82) is 0 Å². The van der Waals surface area contributed by atoms with Crippen LogP contribution in [0.5, 0.6) is 0 Å². The third kappa shape index (κ3) is 2.75. The molecule has 1 amide bonds. The van der Waals surface area contributed by atoms with Gasteiger partial charge in [-0.2, -0.15) is 0 Å². The number of aromatic nitrogens is 1. The van der Waals surface area contributed by atoms with Crippen LogP contribution < -0.4 is 0 Å². The van der Waals surface area contributed by atoms with Crippen LogP contribution in [0.15, 0.2) is 23.5 Å². The number of rotatable bonds is 4. The van der Waals surface area contributed by atoms with Crippen LogP contribution in [-0.2, 0) is 4.74 Å². The van der Waals surface area contributed by atoms with E-state index in [4.69, 9.17) is 14.3 Å². The number of hydrogen-bond acceptors (Lipinski definition) is 5. The van der Waals surface area contributed by atoms with Crippen LogP contribution in [0.1, 0.15) is 28.6 Å². The van der Waals surface area contributed by atoms with Crippen molar-refractivity contribution in [2.45, 2.75) is 12.3 Å². The normalized spacial score (nSPS) is 18.3. The molecule has 0 radical (unpaired) electrons. The van der Waals surface area contributed by atoms with Gasteiger partial charge in [-0.25, -0.2) is 14.6 Å². The third-order valence-corrected chi connectivity index (χ3v) is 2.94. The molecule has 1 aromatic heterocycles. The van der Waals surface area contributed by atoms with Gasteiger partial charge in [-0.05, 0) is 6.42 Å². The molecule has 0 saturated carbocycles. The monoisotopic (exact) mass is 266 g/mol. The number of carbonyl (C=O) groups is 2. The van der Waals surface area contributed by atoms with Gasteiger partial charge in [0.1, 0.15) is 12.4 Å². The minimum absolute atomic E-state index is 0.0914. The summed E-state index contributed by atoms with van der Waals surface area (Å²) < 4.78 is 10.1. The molecule has 7 heteroatoms. The van der Waals surface area contributed by atoms with Crippen molar-refractivity contribution in [2.24, 2.45) is 0 Å². The highest BCUT2D eigenvalue weighted by Crippen LogP contribution is 2.29. The molecule has 0 spiro atoms. The number of aromatic carboxylic acids is 1. The van der Waals surface area contributed by atoms with Crippen LogP contribution in [0, 0.1) is 0 Å². The molecule has 1 aliphatic heterocycles. The summed E-state index contributed by atoms with van der Waals surface area (Å²) in [5, 5.41) is 8.97.